The summed E-state index contributed by atoms with van der Waals surface area (Å²) >= 11 is 0. The Balaban J connectivity index is 1.82. The maximum Gasteiger partial charge on any atom is 0.371 e. The molecule has 0 radical (unpaired) electrons. The van der Waals surface area contributed by atoms with Crippen molar-refractivity contribution in [3.05, 3.63) is 0 Å². The van der Waals surface area contributed by atoms with Gasteiger partial charge in [0.25, 0.3) is 5.85 Å². The Bertz CT molecular complexity index is 626. The molecule has 0 bridgehead atoms. The number of likely N-dealkylation sites (tertiary alicyclic amines) is 2. The molecule has 0 amide bonds. The number of halogens is 1. The molecule has 0 aromatic rings. The quantitative estimate of drug-likeness (QED) is 0.561. The molecule has 8 heteroatoms. The standard InChI is InChI=1S/C23H39FN2O5/c1-5-29-20(27)17-8-10-19(11-9-17)30-23(25-13-6-7-14-25,21(28)31-22(2,3)4)26-15-12-18(24)16-26/h17-19H,5-16H2,1-4H3/t17-,18-,19-,23?/m0/s1. The fourth-order valence-electron chi connectivity index (χ4n) is 4.92. The van der Waals surface area contributed by atoms with Crippen LogP contribution in [0, 0.1) is 5.92 Å². The van der Waals surface area contributed by atoms with E-state index in [9.17, 15) is 14.0 Å². The molecule has 2 heterocycles. The van der Waals surface area contributed by atoms with Gasteiger partial charge in [-0.2, -0.15) is 0 Å². The molecule has 7 nitrogen and oxygen atoms in total. The average Bonchev–Trinajstić information content (AvgIpc) is 3.38. The van der Waals surface area contributed by atoms with Crippen molar-refractivity contribution in [2.24, 2.45) is 5.92 Å². The molecule has 3 aliphatic rings. The van der Waals surface area contributed by atoms with Gasteiger partial charge in [-0.15, -0.1) is 0 Å². The predicted octanol–water partition coefficient (Wildman–Crippen LogP) is 3.26. The summed E-state index contributed by atoms with van der Waals surface area (Å²) in [6, 6.07) is 0. The Hall–Kier alpha value is -1.25. The molecule has 0 N–H and O–H groups in total. The number of nitrogens with zero attached hydrogens (tertiary/aromatic N) is 2. The van der Waals surface area contributed by atoms with E-state index in [2.05, 4.69) is 0 Å². The Labute approximate surface area is 185 Å². The largest absolute Gasteiger partial charge is 0.466 e. The van der Waals surface area contributed by atoms with Gasteiger partial charge in [-0.05, 0) is 72.6 Å². The number of hydrogen-bond acceptors (Lipinski definition) is 7. The van der Waals surface area contributed by atoms with Crippen LogP contribution in [-0.2, 0) is 23.8 Å². The molecule has 2 atom stereocenters. The molecule has 0 spiro atoms. The molecule has 31 heavy (non-hydrogen) atoms. The number of carbonyl (C=O) groups excluding carboxylic acids is 2. The molecule has 1 unspecified atom stereocenters. The second kappa shape index (κ2) is 10.1. The van der Waals surface area contributed by atoms with Crippen molar-refractivity contribution >= 4 is 11.9 Å². The van der Waals surface area contributed by atoms with Gasteiger partial charge in [-0.3, -0.25) is 9.69 Å². The summed E-state index contributed by atoms with van der Waals surface area (Å²) in [7, 11) is 0. The third-order valence-corrected chi connectivity index (χ3v) is 6.38. The highest BCUT2D eigenvalue weighted by Gasteiger charge is 2.56. The van der Waals surface area contributed by atoms with Gasteiger partial charge in [0.15, 0.2) is 0 Å². The highest BCUT2D eigenvalue weighted by Crippen LogP contribution is 2.38. The summed E-state index contributed by atoms with van der Waals surface area (Å²) in [6.45, 7) is 9.75. The predicted molar refractivity (Wildman–Crippen MR) is 114 cm³/mol. The second-order valence-corrected chi connectivity index (χ2v) is 9.98. The van der Waals surface area contributed by atoms with E-state index in [0.29, 0.717) is 58.3 Å². The third kappa shape index (κ3) is 5.76. The van der Waals surface area contributed by atoms with Crippen LogP contribution in [0.2, 0.25) is 0 Å². The number of ether oxygens (including phenoxy) is 3. The summed E-state index contributed by atoms with van der Waals surface area (Å²) < 4.78 is 31.9. The molecule has 1 saturated carbocycles. The van der Waals surface area contributed by atoms with Crippen molar-refractivity contribution in [2.45, 2.75) is 96.4 Å². The van der Waals surface area contributed by atoms with E-state index in [4.69, 9.17) is 14.2 Å². The van der Waals surface area contributed by atoms with E-state index in [1.807, 2.05) is 37.5 Å². The first-order chi connectivity index (χ1) is 14.7. The number of esters is 2. The van der Waals surface area contributed by atoms with Crippen molar-refractivity contribution in [1.82, 2.24) is 9.80 Å². The molecule has 0 aromatic carbocycles. The number of rotatable bonds is 7. The molecule has 2 aliphatic heterocycles. The van der Waals surface area contributed by atoms with Crippen molar-refractivity contribution in [2.75, 3.05) is 32.8 Å². The van der Waals surface area contributed by atoms with E-state index in [-0.39, 0.29) is 24.5 Å². The van der Waals surface area contributed by atoms with Gasteiger partial charge in [-0.1, -0.05) is 0 Å². The normalized spacial score (nSPS) is 30.2. The smallest absolute Gasteiger partial charge is 0.371 e. The Morgan fingerprint density at radius 1 is 0.968 bits per heavy atom. The molecule has 3 fully saturated rings. The number of carbonyl (C=O) groups is 2. The van der Waals surface area contributed by atoms with Crippen LogP contribution in [-0.4, -0.2) is 78.2 Å². The van der Waals surface area contributed by atoms with Gasteiger partial charge < -0.3 is 14.2 Å². The van der Waals surface area contributed by atoms with Crippen LogP contribution in [0.3, 0.4) is 0 Å². The van der Waals surface area contributed by atoms with E-state index in [1.165, 1.54) is 0 Å². The van der Waals surface area contributed by atoms with Crippen molar-refractivity contribution in [3.8, 4) is 0 Å². The number of hydrogen-bond donors (Lipinski definition) is 0. The Morgan fingerprint density at radius 2 is 1.61 bits per heavy atom. The van der Waals surface area contributed by atoms with Crippen LogP contribution in [0.4, 0.5) is 4.39 Å². The van der Waals surface area contributed by atoms with Gasteiger partial charge in [0, 0.05) is 26.2 Å². The topological polar surface area (TPSA) is 68.3 Å². The zero-order valence-electron chi connectivity index (χ0n) is 19.5. The Morgan fingerprint density at radius 3 is 2.13 bits per heavy atom. The zero-order valence-corrected chi connectivity index (χ0v) is 19.5. The van der Waals surface area contributed by atoms with Crippen molar-refractivity contribution in [3.63, 3.8) is 0 Å². The monoisotopic (exact) mass is 442 g/mol. The van der Waals surface area contributed by atoms with Gasteiger partial charge in [-0.25, -0.2) is 14.1 Å². The minimum Gasteiger partial charge on any atom is -0.466 e. The lowest BCUT2D eigenvalue weighted by Gasteiger charge is -2.48. The zero-order chi connectivity index (χ0) is 22.6. The van der Waals surface area contributed by atoms with Crippen molar-refractivity contribution in [1.29, 1.82) is 0 Å². The summed E-state index contributed by atoms with van der Waals surface area (Å²) in [4.78, 5) is 29.7. The molecule has 3 rings (SSSR count). The first kappa shape index (κ1) is 24.4. The lowest BCUT2D eigenvalue weighted by Crippen LogP contribution is -2.68. The van der Waals surface area contributed by atoms with E-state index < -0.39 is 23.6 Å². The van der Waals surface area contributed by atoms with E-state index in [1.54, 1.807) is 0 Å². The first-order valence-corrected chi connectivity index (χ1v) is 11.9. The second-order valence-electron chi connectivity index (χ2n) is 9.98. The summed E-state index contributed by atoms with van der Waals surface area (Å²) in [5, 5.41) is 0. The molecule has 178 valence electrons. The molecular formula is C23H39FN2O5. The SMILES string of the molecule is CCOC(=O)[C@H]1CC[C@H](OC(C(=O)OC(C)(C)C)(N2CCCC2)N2CC[C@H](F)C2)CC1. The molecule has 0 aromatic heterocycles. The minimum absolute atomic E-state index is 0.121. The molecular weight excluding hydrogens is 403 g/mol. The average molecular weight is 443 g/mol. The number of alkyl halides is 1. The summed E-state index contributed by atoms with van der Waals surface area (Å²) in [5.41, 5.74) is -0.679. The van der Waals surface area contributed by atoms with Gasteiger partial charge in [0.05, 0.1) is 18.6 Å². The minimum atomic E-state index is -1.41. The van der Waals surface area contributed by atoms with Crippen LogP contribution in [0.25, 0.3) is 0 Å². The third-order valence-electron chi connectivity index (χ3n) is 6.38. The first-order valence-electron chi connectivity index (χ1n) is 11.9. The van der Waals surface area contributed by atoms with Crippen LogP contribution >= 0.6 is 0 Å². The molecule has 2 saturated heterocycles. The van der Waals surface area contributed by atoms with Gasteiger partial charge in [0.2, 0.25) is 0 Å². The lowest BCUT2D eigenvalue weighted by atomic mass is 9.87. The fourth-order valence-corrected chi connectivity index (χ4v) is 4.92. The van der Waals surface area contributed by atoms with Gasteiger partial charge in [0.1, 0.15) is 11.8 Å². The van der Waals surface area contributed by atoms with Gasteiger partial charge >= 0.3 is 11.9 Å². The maximum atomic E-state index is 14.3. The van der Waals surface area contributed by atoms with Crippen LogP contribution < -0.4 is 0 Å². The lowest BCUT2D eigenvalue weighted by molar-refractivity contribution is -0.274. The summed E-state index contributed by atoms with van der Waals surface area (Å²) in [5.74, 6) is -2.14. The Kier molecular flexibility index (Phi) is 7.97. The summed E-state index contributed by atoms with van der Waals surface area (Å²) in [6.07, 6.45) is 3.80. The highest BCUT2D eigenvalue weighted by atomic mass is 19.1. The highest BCUT2D eigenvalue weighted by molar-refractivity contribution is 5.79. The maximum absolute atomic E-state index is 14.3. The fraction of sp³-hybridized carbons (Fsp3) is 0.913. The van der Waals surface area contributed by atoms with E-state index in [0.717, 1.165) is 12.8 Å². The van der Waals surface area contributed by atoms with Crippen molar-refractivity contribution < 1.29 is 28.2 Å². The molecule has 1 aliphatic carbocycles. The van der Waals surface area contributed by atoms with Crippen LogP contribution in [0.1, 0.15) is 72.6 Å². The van der Waals surface area contributed by atoms with Crippen LogP contribution in [0.15, 0.2) is 0 Å². The van der Waals surface area contributed by atoms with Crippen LogP contribution in [0.5, 0.6) is 0 Å². The van der Waals surface area contributed by atoms with E-state index >= 15 is 0 Å².